The van der Waals surface area contributed by atoms with Gasteiger partial charge in [-0.2, -0.15) is 5.26 Å². The van der Waals surface area contributed by atoms with E-state index in [1.807, 2.05) is 41.9 Å². The standard InChI is InChI=1S/C22H20N6O/c1-27-13-25-26-22(27)15-7-9-28(10-8-15)21-17(12-23)3-2-4-18(21)16-5-6-20-19(11-16)24-14-29-20/h2-6,11,13-15H,7-10H2,1H3. The van der Waals surface area contributed by atoms with Crippen molar-refractivity contribution in [2.45, 2.75) is 18.8 Å². The molecule has 1 saturated heterocycles. The molecule has 0 unspecified atom stereocenters. The molecule has 144 valence electrons. The number of nitriles is 1. The number of rotatable bonds is 3. The minimum Gasteiger partial charge on any atom is -0.443 e. The van der Waals surface area contributed by atoms with Gasteiger partial charge in [-0.15, -0.1) is 10.2 Å². The molecule has 0 radical (unpaired) electrons. The van der Waals surface area contributed by atoms with E-state index in [9.17, 15) is 5.26 Å². The number of hydrogen-bond donors (Lipinski definition) is 0. The fourth-order valence-electron chi connectivity index (χ4n) is 4.26. The second kappa shape index (κ2) is 7.06. The van der Waals surface area contributed by atoms with Crippen molar-refractivity contribution in [3.05, 3.63) is 60.5 Å². The van der Waals surface area contributed by atoms with Gasteiger partial charge in [0.15, 0.2) is 12.0 Å². The van der Waals surface area contributed by atoms with Gasteiger partial charge in [0.25, 0.3) is 0 Å². The number of aromatic nitrogens is 4. The van der Waals surface area contributed by atoms with Crippen molar-refractivity contribution >= 4 is 16.8 Å². The number of aryl methyl sites for hydroxylation is 1. The number of oxazole rings is 1. The fourth-order valence-corrected chi connectivity index (χ4v) is 4.26. The molecule has 0 bridgehead atoms. The first-order valence-corrected chi connectivity index (χ1v) is 9.70. The number of anilines is 1. The van der Waals surface area contributed by atoms with E-state index in [1.54, 1.807) is 6.33 Å². The summed E-state index contributed by atoms with van der Waals surface area (Å²) in [5.74, 6) is 1.43. The summed E-state index contributed by atoms with van der Waals surface area (Å²) in [5, 5.41) is 18.1. The lowest BCUT2D eigenvalue weighted by molar-refractivity contribution is 0.474. The van der Waals surface area contributed by atoms with Crippen LogP contribution >= 0.6 is 0 Å². The lowest BCUT2D eigenvalue weighted by atomic mass is 9.93. The molecule has 0 saturated carbocycles. The van der Waals surface area contributed by atoms with Crippen molar-refractivity contribution in [3.8, 4) is 17.2 Å². The number of para-hydroxylation sites is 1. The van der Waals surface area contributed by atoms with Gasteiger partial charge in [0, 0.05) is 31.6 Å². The van der Waals surface area contributed by atoms with Gasteiger partial charge in [-0.05, 0) is 36.6 Å². The van der Waals surface area contributed by atoms with E-state index in [4.69, 9.17) is 4.42 Å². The molecule has 2 aromatic carbocycles. The third-order valence-electron chi connectivity index (χ3n) is 5.72. The van der Waals surface area contributed by atoms with Crippen molar-refractivity contribution in [2.24, 2.45) is 7.05 Å². The normalized spacial score (nSPS) is 15.0. The Morgan fingerprint density at radius 1 is 1.17 bits per heavy atom. The minimum absolute atomic E-state index is 0.392. The van der Waals surface area contributed by atoms with Crippen molar-refractivity contribution < 1.29 is 4.42 Å². The quantitative estimate of drug-likeness (QED) is 0.533. The van der Waals surface area contributed by atoms with Crippen LogP contribution in [0.1, 0.15) is 30.1 Å². The topological polar surface area (TPSA) is 83.8 Å². The number of fused-ring (bicyclic) bond motifs is 1. The summed E-state index contributed by atoms with van der Waals surface area (Å²) in [7, 11) is 1.99. The predicted molar refractivity (Wildman–Crippen MR) is 109 cm³/mol. The van der Waals surface area contributed by atoms with Gasteiger partial charge in [-0.25, -0.2) is 4.98 Å². The molecule has 5 rings (SSSR count). The summed E-state index contributed by atoms with van der Waals surface area (Å²) in [6, 6.07) is 14.3. The highest BCUT2D eigenvalue weighted by Gasteiger charge is 2.26. The Balaban J connectivity index is 1.50. The van der Waals surface area contributed by atoms with Crippen LogP contribution < -0.4 is 4.90 Å². The maximum atomic E-state index is 9.77. The van der Waals surface area contributed by atoms with Gasteiger partial charge < -0.3 is 13.9 Å². The van der Waals surface area contributed by atoms with Crippen LogP contribution in [0.5, 0.6) is 0 Å². The third-order valence-corrected chi connectivity index (χ3v) is 5.72. The van der Waals surface area contributed by atoms with Crippen molar-refractivity contribution in [2.75, 3.05) is 18.0 Å². The molecule has 0 aliphatic carbocycles. The van der Waals surface area contributed by atoms with Gasteiger partial charge in [0.1, 0.15) is 23.7 Å². The van der Waals surface area contributed by atoms with E-state index in [0.717, 1.165) is 59.7 Å². The van der Waals surface area contributed by atoms with Crippen molar-refractivity contribution in [3.63, 3.8) is 0 Å². The second-order valence-electron chi connectivity index (χ2n) is 7.41. The van der Waals surface area contributed by atoms with E-state index < -0.39 is 0 Å². The van der Waals surface area contributed by atoms with Gasteiger partial charge in [0.2, 0.25) is 0 Å². The first-order chi connectivity index (χ1) is 14.2. The zero-order valence-electron chi connectivity index (χ0n) is 16.1. The van der Waals surface area contributed by atoms with E-state index in [2.05, 4.69) is 32.2 Å². The SMILES string of the molecule is Cn1cnnc1C1CCN(c2c(C#N)cccc2-c2ccc3ocnc3c2)CC1. The molecular weight excluding hydrogens is 364 g/mol. The highest BCUT2D eigenvalue weighted by atomic mass is 16.3. The number of benzene rings is 2. The van der Waals surface area contributed by atoms with E-state index in [1.165, 1.54) is 6.39 Å². The number of hydrogen-bond acceptors (Lipinski definition) is 6. The Bertz CT molecular complexity index is 1210. The van der Waals surface area contributed by atoms with Crippen LogP contribution in [-0.2, 0) is 7.05 Å². The van der Waals surface area contributed by atoms with Gasteiger partial charge in [-0.3, -0.25) is 0 Å². The average Bonchev–Trinajstić information content (AvgIpc) is 3.41. The summed E-state index contributed by atoms with van der Waals surface area (Å²) in [5.41, 5.74) is 5.35. The maximum Gasteiger partial charge on any atom is 0.181 e. The molecule has 0 amide bonds. The Morgan fingerprint density at radius 3 is 2.79 bits per heavy atom. The summed E-state index contributed by atoms with van der Waals surface area (Å²) in [4.78, 5) is 6.60. The van der Waals surface area contributed by atoms with E-state index >= 15 is 0 Å². The molecule has 4 aromatic rings. The van der Waals surface area contributed by atoms with Crippen molar-refractivity contribution in [1.29, 1.82) is 5.26 Å². The molecule has 2 aromatic heterocycles. The molecule has 29 heavy (non-hydrogen) atoms. The predicted octanol–water partition coefficient (Wildman–Crippen LogP) is 3.88. The molecule has 0 atom stereocenters. The lowest BCUT2D eigenvalue weighted by Gasteiger charge is -2.35. The maximum absolute atomic E-state index is 9.77. The number of piperidine rings is 1. The minimum atomic E-state index is 0.392. The van der Waals surface area contributed by atoms with Crippen LogP contribution in [0.4, 0.5) is 5.69 Å². The second-order valence-corrected chi connectivity index (χ2v) is 7.41. The molecule has 0 N–H and O–H groups in total. The van der Waals surface area contributed by atoms with Gasteiger partial charge in [-0.1, -0.05) is 18.2 Å². The Labute approximate surface area is 168 Å². The van der Waals surface area contributed by atoms with Gasteiger partial charge in [0.05, 0.1) is 11.3 Å². The van der Waals surface area contributed by atoms with Crippen LogP contribution in [0.15, 0.2) is 53.5 Å². The summed E-state index contributed by atoms with van der Waals surface area (Å²) in [6.45, 7) is 1.74. The van der Waals surface area contributed by atoms with Crippen LogP contribution in [-0.4, -0.2) is 32.8 Å². The summed E-state index contributed by atoms with van der Waals surface area (Å²) >= 11 is 0. The third kappa shape index (κ3) is 3.03. The highest BCUT2D eigenvalue weighted by Crippen LogP contribution is 2.38. The fraction of sp³-hybridized carbons (Fsp3) is 0.273. The van der Waals surface area contributed by atoms with Crippen LogP contribution in [0.3, 0.4) is 0 Å². The molecule has 1 aliphatic rings. The molecule has 0 spiro atoms. The summed E-state index contributed by atoms with van der Waals surface area (Å²) < 4.78 is 7.37. The first-order valence-electron chi connectivity index (χ1n) is 9.70. The first kappa shape index (κ1) is 17.4. The van der Waals surface area contributed by atoms with Crippen molar-refractivity contribution in [1.82, 2.24) is 19.7 Å². The Morgan fingerprint density at radius 2 is 2.03 bits per heavy atom. The number of nitrogens with zero attached hydrogens (tertiary/aromatic N) is 6. The van der Waals surface area contributed by atoms with Gasteiger partial charge >= 0.3 is 0 Å². The lowest BCUT2D eigenvalue weighted by Crippen LogP contribution is -2.34. The zero-order chi connectivity index (χ0) is 19.8. The molecular formula is C22H20N6O. The molecule has 3 heterocycles. The average molecular weight is 384 g/mol. The molecule has 1 fully saturated rings. The van der Waals surface area contributed by atoms with Crippen LogP contribution in [0.2, 0.25) is 0 Å². The summed E-state index contributed by atoms with van der Waals surface area (Å²) in [6.07, 6.45) is 5.17. The van der Waals surface area contributed by atoms with Crippen LogP contribution in [0, 0.1) is 11.3 Å². The molecule has 7 nitrogen and oxygen atoms in total. The monoisotopic (exact) mass is 384 g/mol. The highest BCUT2D eigenvalue weighted by molar-refractivity contribution is 5.87. The zero-order valence-corrected chi connectivity index (χ0v) is 16.1. The van der Waals surface area contributed by atoms with E-state index in [0.29, 0.717) is 11.5 Å². The largest absolute Gasteiger partial charge is 0.443 e. The Hall–Kier alpha value is -3.66. The smallest absolute Gasteiger partial charge is 0.181 e. The van der Waals surface area contributed by atoms with E-state index in [-0.39, 0.29) is 0 Å². The van der Waals surface area contributed by atoms with Crippen LogP contribution in [0.25, 0.3) is 22.2 Å². The molecule has 1 aliphatic heterocycles. The molecule has 7 heteroatoms. The Kier molecular flexibility index (Phi) is 4.24.